The summed E-state index contributed by atoms with van der Waals surface area (Å²) in [5.41, 5.74) is 2.13. The lowest BCUT2D eigenvalue weighted by Crippen LogP contribution is -2.00. The maximum atomic E-state index is 11.2. The van der Waals surface area contributed by atoms with E-state index in [2.05, 4.69) is 15.0 Å². The maximum Gasteiger partial charge on any atom is 0.183 e. The zero-order valence-corrected chi connectivity index (χ0v) is 13.2. The van der Waals surface area contributed by atoms with Crippen molar-refractivity contribution < 1.29 is 14.3 Å². The Kier molecular flexibility index (Phi) is 4.85. The number of Topliss-reactive ketones (excluding diaryl/α,β-unsaturated/α-hetero) is 1. The summed E-state index contributed by atoms with van der Waals surface area (Å²) in [5.74, 6) is 1.80. The van der Waals surface area contributed by atoms with Gasteiger partial charge in [-0.3, -0.25) is 9.78 Å². The molecule has 0 saturated carbocycles. The van der Waals surface area contributed by atoms with Crippen LogP contribution in [0.4, 0.5) is 0 Å². The van der Waals surface area contributed by atoms with Crippen molar-refractivity contribution in [2.45, 2.75) is 24.8 Å². The molecule has 0 spiro atoms. The zero-order chi connectivity index (χ0) is 15.4. The molecule has 2 rings (SSSR count). The molecule has 21 heavy (non-hydrogen) atoms. The molecule has 0 unspecified atom stereocenters. The van der Waals surface area contributed by atoms with Crippen molar-refractivity contribution in [1.29, 1.82) is 0 Å². The molecule has 1 N–H and O–H groups in total. The second-order valence-corrected chi connectivity index (χ2v) is 5.36. The van der Waals surface area contributed by atoms with Crippen molar-refractivity contribution in [2.24, 2.45) is 0 Å². The highest BCUT2D eigenvalue weighted by molar-refractivity contribution is 7.98. The molecule has 2 aromatic heterocycles. The minimum atomic E-state index is -0.0396. The second-order valence-electron chi connectivity index (χ2n) is 4.39. The van der Waals surface area contributed by atoms with Gasteiger partial charge in [0.25, 0.3) is 0 Å². The number of imidazole rings is 1. The quantitative estimate of drug-likeness (QED) is 0.653. The Hall–Kier alpha value is -2.02. The smallest absolute Gasteiger partial charge is 0.183 e. The molecule has 0 radical (unpaired) electrons. The van der Waals surface area contributed by atoms with Crippen LogP contribution in [-0.4, -0.2) is 35.0 Å². The van der Waals surface area contributed by atoms with Gasteiger partial charge < -0.3 is 14.5 Å². The second kappa shape index (κ2) is 6.62. The molecular weight excluding hydrogens is 290 g/mol. The van der Waals surface area contributed by atoms with E-state index in [1.807, 2.05) is 13.0 Å². The van der Waals surface area contributed by atoms with Crippen LogP contribution in [0.15, 0.2) is 17.4 Å². The number of ketones is 1. The first-order valence-corrected chi connectivity index (χ1v) is 7.31. The lowest BCUT2D eigenvalue weighted by atomic mass is 10.3. The normalized spacial score (nSPS) is 10.5. The number of pyridine rings is 1. The van der Waals surface area contributed by atoms with Gasteiger partial charge >= 0.3 is 0 Å². The number of carbonyl (C=O) groups is 1. The van der Waals surface area contributed by atoms with E-state index in [-0.39, 0.29) is 5.78 Å². The summed E-state index contributed by atoms with van der Waals surface area (Å²) >= 11 is 1.45. The van der Waals surface area contributed by atoms with Crippen LogP contribution in [0.2, 0.25) is 0 Å². The third kappa shape index (κ3) is 3.55. The highest BCUT2D eigenvalue weighted by atomic mass is 32.2. The summed E-state index contributed by atoms with van der Waals surface area (Å²) in [4.78, 5) is 22.8. The van der Waals surface area contributed by atoms with Gasteiger partial charge in [-0.25, -0.2) is 4.98 Å². The first-order valence-electron chi connectivity index (χ1n) is 6.32. The summed E-state index contributed by atoms with van der Waals surface area (Å²) in [6.45, 7) is 3.40. The molecule has 0 fully saturated rings. The van der Waals surface area contributed by atoms with Gasteiger partial charge in [0, 0.05) is 24.4 Å². The van der Waals surface area contributed by atoms with Crippen LogP contribution in [0.3, 0.4) is 0 Å². The summed E-state index contributed by atoms with van der Waals surface area (Å²) in [6.07, 6.45) is 1.53. The number of hydrogen-bond donors (Lipinski definition) is 1. The van der Waals surface area contributed by atoms with Crippen molar-refractivity contribution in [1.82, 2.24) is 15.0 Å². The van der Waals surface area contributed by atoms with Crippen molar-refractivity contribution >= 4 is 17.5 Å². The molecule has 0 saturated heterocycles. The molecule has 0 aromatic carbocycles. The van der Waals surface area contributed by atoms with Gasteiger partial charge in [-0.05, 0) is 6.92 Å². The van der Waals surface area contributed by atoms with Crippen molar-refractivity contribution in [3.8, 4) is 11.5 Å². The Morgan fingerprint density at radius 3 is 2.71 bits per heavy atom. The van der Waals surface area contributed by atoms with Gasteiger partial charge in [-0.1, -0.05) is 11.8 Å². The van der Waals surface area contributed by atoms with E-state index < -0.39 is 0 Å². The summed E-state index contributed by atoms with van der Waals surface area (Å²) in [6, 6.07) is 1.83. The largest absolute Gasteiger partial charge is 0.493 e. The molecule has 0 aliphatic rings. The molecule has 2 heterocycles. The molecule has 0 aliphatic heterocycles. The monoisotopic (exact) mass is 307 g/mol. The fraction of sp³-hybridized carbons (Fsp3) is 0.357. The van der Waals surface area contributed by atoms with Crippen LogP contribution >= 0.6 is 11.8 Å². The van der Waals surface area contributed by atoms with Gasteiger partial charge in [-0.15, -0.1) is 0 Å². The van der Waals surface area contributed by atoms with Gasteiger partial charge in [0.05, 0.1) is 26.1 Å². The molecule has 0 bridgehead atoms. The predicted molar refractivity (Wildman–Crippen MR) is 80.2 cm³/mol. The minimum Gasteiger partial charge on any atom is -0.493 e. The molecule has 0 atom stereocenters. The lowest BCUT2D eigenvalue weighted by Gasteiger charge is -2.12. The molecule has 112 valence electrons. The number of ether oxygens (including phenoxy) is 2. The van der Waals surface area contributed by atoms with Crippen molar-refractivity contribution in [3.63, 3.8) is 0 Å². The number of methoxy groups -OCH3 is 2. The molecule has 0 amide bonds. The third-order valence-electron chi connectivity index (χ3n) is 2.84. The number of rotatable bonds is 6. The molecule has 2 aromatic rings. The Bertz CT molecular complexity index is 655. The number of nitrogens with zero attached hydrogens (tertiary/aromatic N) is 2. The predicted octanol–water partition coefficient (Wildman–Crippen LogP) is 2.63. The Balaban J connectivity index is 2.18. The van der Waals surface area contributed by atoms with E-state index in [0.29, 0.717) is 28.1 Å². The first kappa shape index (κ1) is 15.4. The van der Waals surface area contributed by atoms with Crippen LogP contribution in [0.5, 0.6) is 11.5 Å². The van der Waals surface area contributed by atoms with Gasteiger partial charge in [0.15, 0.2) is 22.4 Å². The fourth-order valence-electron chi connectivity index (χ4n) is 1.85. The van der Waals surface area contributed by atoms with Gasteiger partial charge in [0.2, 0.25) is 0 Å². The molecule has 7 heteroatoms. The van der Waals surface area contributed by atoms with E-state index in [1.54, 1.807) is 14.2 Å². The number of aryl methyl sites for hydroxylation is 1. The number of H-pyrrole nitrogens is 1. The zero-order valence-electron chi connectivity index (χ0n) is 12.4. The summed E-state index contributed by atoms with van der Waals surface area (Å²) in [7, 11) is 3.18. The third-order valence-corrected chi connectivity index (χ3v) is 3.74. The van der Waals surface area contributed by atoms with Crippen LogP contribution in [0.1, 0.15) is 28.8 Å². The molecule has 6 nitrogen and oxygen atoms in total. The van der Waals surface area contributed by atoms with E-state index in [4.69, 9.17) is 9.47 Å². The van der Waals surface area contributed by atoms with Crippen molar-refractivity contribution in [3.05, 3.63) is 29.3 Å². The highest BCUT2D eigenvalue weighted by Gasteiger charge is 2.14. The minimum absolute atomic E-state index is 0.0396. The van der Waals surface area contributed by atoms with Gasteiger partial charge in [0.1, 0.15) is 5.69 Å². The number of aromatic nitrogens is 3. The maximum absolute atomic E-state index is 11.2. The fourth-order valence-corrected chi connectivity index (χ4v) is 2.63. The first-order chi connectivity index (χ1) is 10.0. The van der Waals surface area contributed by atoms with Crippen LogP contribution < -0.4 is 9.47 Å². The number of aromatic amines is 1. The van der Waals surface area contributed by atoms with E-state index >= 15 is 0 Å². The van der Waals surface area contributed by atoms with E-state index in [0.717, 1.165) is 11.4 Å². The summed E-state index contributed by atoms with van der Waals surface area (Å²) < 4.78 is 10.7. The Morgan fingerprint density at radius 2 is 2.14 bits per heavy atom. The van der Waals surface area contributed by atoms with Gasteiger partial charge in [-0.2, -0.15) is 0 Å². The highest BCUT2D eigenvalue weighted by Crippen LogP contribution is 2.33. The Labute approximate surface area is 127 Å². The van der Waals surface area contributed by atoms with Crippen molar-refractivity contribution in [2.75, 3.05) is 14.2 Å². The van der Waals surface area contributed by atoms with Crippen LogP contribution in [-0.2, 0) is 5.75 Å². The average Bonchev–Trinajstić information content (AvgIpc) is 2.93. The topological polar surface area (TPSA) is 77.1 Å². The number of nitrogens with one attached hydrogen (secondary N) is 1. The molecule has 0 aliphatic carbocycles. The number of hydrogen-bond acceptors (Lipinski definition) is 6. The van der Waals surface area contributed by atoms with Crippen LogP contribution in [0, 0.1) is 6.92 Å². The van der Waals surface area contributed by atoms with Crippen LogP contribution in [0.25, 0.3) is 0 Å². The molecular formula is C14H17N3O3S. The number of thioether (sulfide) groups is 1. The lowest BCUT2D eigenvalue weighted by molar-refractivity contribution is 0.101. The average molecular weight is 307 g/mol. The van der Waals surface area contributed by atoms with E-state index in [1.165, 1.54) is 24.9 Å². The standard InChI is InChI=1S/C14H17N3O3S/c1-8-5-12(19-3)13(20-4)11(16-8)7-21-14-15-6-10(17-14)9(2)18/h5-6H,7H2,1-4H3,(H,15,17). The number of carbonyl (C=O) groups excluding carboxylic acids is 1. The Morgan fingerprint density at radius 1 is 1.38 bits per heavy atom. The SMILES string of the molecule is COc1cc(C)nc(CSc2ncc(C(C)=O)[nH]2)c1OC. The van der Waals surface area contributed by atoms with E-state index in [9.17, 15) is 4.79 Å². The summed E-state index contributed by atoms with van der Waals surface area (Å²) in [5, 5.41) is 0.671.